The number of H-pyrrole nitrogens is 1. The van der Waals surface area contributed by atoms with Gasteiger partial charge in [0.05, 0.1) is 4.90 Å². The van der Waals surface area contributed by atoms with Gasteiger partial charge in [0.25, 0.3) is 10.0 Å². The number of benzene rings is 3. The van der Waals surface area contributed by atoms with Crippen LogP contribution in [-0.4, -0.2) is 41.3 Å². The summed E-state index contributed by atoms with van der Waals surface area (Å²) in [5, 5.41) is 11.3. The monoisotopic (exact) mass is 486 g/mol. The number of primary amides is 1. The average Bonchev–Trinajstić information content (AvgIpc) is 3.29. The number of nitrogens with two attached hydrogens (primary N) is 1. The van der Waals surface area contributed by atoms with Crippen LogP contribution in [0.1, 0.15) is 27.0 Å². The largest absolute Gasteiger partial charge is 0.366 e. The molecule has 0 saturated heterocycles. The summed E-state index contributed by atoms with van der Waals surface area (Å²) < 4.78 is 25.9. The quantitative estimate of drug-likeness (QED) is 0.273. The van der Waals surface area contributed by atoms with Crippen LogP contribution in [0.4, 0.5) is 0 Å². The summed E-state index contributed by atoms with van der Waals surface area (Å²) in [6.07, 6.45) is 3.24. The smallest absolute Gasteiger partial charge is 0.265 e. The number of aromatic nitrogens is 1. The van der Waals surface area contributed by atoms with Gasteiger partial charge in [0.15, 0.2) is 0 Å². The maximum Gasteiger partial charge on any atom is 0.265 e. The molecule has 1 aromatic heterocycles. The van der Waals surface area contributed by atoms with Crippen molar-refractivity contribution in [3.8, 4) is 11.8 Å². The number of aromatic amines is 1. The molecule has 35 heavy (non-hydrogen) atoms. The van der Waals surface area contributed by atoms with E-state index in [4.69, 9.17) is 5.73 Å². The third kappa shape index (κ3) is 5.15. The normalized spacial score (nSPS) is 12.2. The number of carbonyl (C=O) groups excluding carboxylic acids is 2. The summed E-state index contributed by atoms with van der Waals surface area (Å²) in [7, 11) is -4.38. The third-order valence-corrected chi connectivity index (χ3v) is 7.02. The van der Waals surface area contributed by atoms with Crippen LogP contribution in [0.2, 0.25) is 0 Å². The second-order valence-corrected chi connectivity index (χ2v) is 9.49. The van der Waals surface area contributed by atoms with Gasteiger partial charge in [0.2, 0.25) is 12.2 Å². The Balaban J connectivity index is 1.50. The van der Waals surface area contributed by atoms with E-state index in [0.717, 1.165) is 10.9 Å². The fourth-order valence-electron chi connectivity index (χ4n) is 3.52. The predicted molar refractivity (Wildman–Crippen MR) is 130 cm³/mol. The number of hydrogen-bond acceptors (Lipinski definition) is 5. The summed E-state index contributed by atoms with van der Waals surface area (Å²) in [6.45, 7) is 0. The van der Waals surface area contributed by atoms with Gasteiger partial charge in [-0.05, 0) is 60.2 Å². The molecule has 1 amide bonds. The van der Waals surface area contributed by atoms with Crippen LogP contribution < -0.4 is 5.73 Å². The molecule has 4 aromatic rings. The molecule has 1 atom stereocenters. The number of carbonyl (C=O) groups is 1. The lowest BCUT2D eigenvalue weighted by Gasteiger charge is -2.20. The van der Waals surface area contributed by atoms with Crippen molar-refractivity contribution in [2.45, 2.75) is 17.4 Å². The molecule has 1 radical (unpaired) electrons. The zero-order valence-corrected chi connectivity index (χ0v) is 19.1. The molecule has 9 heteroatoms. The van der Waals surface area contributed by atoms with Gasteiger partial charge >= 0.3 is 0 Å². The number of sulfonamides is 1. The zero-order valence-electron chi connectivity index (χ0n) is 18.3. The Kier molecular flexibility index (Phi) is 6.80. The number of hydroxylamine groups is 1. The zero-order chi connectivity index (χ0) is 25.0. The molecule has 0 aliphatic heterocycles. The molecule has 4 rings (SSSR count). The Morgan fingerprint density at radius 1 is 0.971 bits per heavy atom. The molecular formula is C26H20N3O5S. The van der Waals surface area contributed by atoms with Gasteiger partial charge in [-0.25, -0.2) is 8.42 Å². The minimum absolute atomic E-state index is 0.0444. The van der Waals surface area contributed by atoms with Gasteiger partial charge in [-0.15, -0.1) is 0 Å². The van der Waals surface area contributed by atoms with Gasteiger partial charge < -0.3 is 10.7 Å². The lowest BCUT2D eigenvalue weighted by atomic mass is 10.1. The van der Waals surface area contributed by atoms with Crippen molar-refractivity contribution in [1.29, 1.82) is 0 Å². The van der Waals surface area contributed by atoms with Gasteiger partial charge in [0, 0.05) is 40.2 Å². The van der Waals surface area contributed by atoms with E-state index in [1.807, 2.05) is 24.3 Å². The minimum Gasteiger partial charge on any atom is -0.366 e. The highest BCUT2D eigenvalue weighted by Gasteiger charge is 2.31. The van der Waals surface area contributed by atoms with E-state index < -0.39 is 22.0 Å². The first-order valence-electron chi connectivity index (χ1n) is 10.5. The van der Waals surface area contributed by atoms with Gasteiger partial charge in [-0.3, -0.25) is 14.8 Å². The van der Waals surface area contributed by atoms with Crippen molar-refractivity contribution < 1.29 is 23.2 Å². The molecule has 0 unspecified atom stereocenters. The van der Waals surface area contributed by atoms with Crippen LogP contribution in [0.5, 0.6) is 0 Å². The molecule has 0 aliphatic carbocycles. The van der Waals surface area contributed by atoms with Crippen LogP contribution >= 0.6 is 0 Å². The van der Waals surface area contributed by atoms with Crippen molar-refractivity contribution in [2.75, 3.05) is 0 Å². The Morgan fingerprint density at radius 2 is 1.57 bits per heavy atom. The van der Waals surface area contributed by atoms with Crippen molar-refractivity contribution in [3.05, 3.63) is 101 Å². The predicted octanol–water partition coefficient (Wildman–Crippen LogP) is 2.77. The van der Waals surface area contributed by atoms with E-state index in [9.17, 15) is 23.2 Å². The molecule has 175 valence electrons. The number of rotatable bonds is 7. The van der Waals surface area contributed by atoms with E-state index in [2.05, 4.69) is 16.8 Å². The fraction of sp³-hybridized carbons (Fsp3) is 0.0769. The molecule has 4 N–H and O–H groups in total. The molecule has 3 aromatic carbocycles. The Hall–Kier alpha value is -4.23. The van der Waals surface area contributed by atoms with Gasteiger partial charge in [-0.1, -0.05) is 34.5 Å². The van der Waals surface area contributed by atoms with Crippen molar-refractivity contribution in [3.63, 3.8) is 0 Å². The lowest BCUT2D eigenvalue weighted by molar-refractivity contribution is -0.0147. The van der Waals surface area contributed by atoms with E-state index in [1.54, 1.807) is 36.7 Å². The minimum atomic E-state index is -4.38. The summed E-state index contributed by atoms with van der Waals surface area (Å²) in [5.41, 5.74) is 8.28. The van der Waals surface area contributed by atoms with E-state index in [-0.39, 0.29) is 15.8 Å². The number of nitrogens with one attached hydrogen (secondary N) is 1. The van der Waals surface area contributed by atoms with Crippen LogP contribution in [0.15, 0.2) is 83.9 Å². The molecule has 0 fully saturated rings. The first-order chi connectivity index (χ1) is 16.8. The van der Waals surface area contributed by atoms with Crippen LogP contribution in [-0.2, 0) is 21.2 Å². The maximum atomic E-state index is 12.9. The summed E-state index contributed by atoms with van der Waals surface area (Å²) in [4.78, 5) is 25.6. The summed E-state index contributed by atoms with van der Waals surface area (Å²) >= 11 is 0. The summed E-state index contributed by atoms with van der Waals surface area (Å²) in [5.74, 6) is 5.27. The third-order valence-electron chi connectivity index (χ3n) is 5.41. The highest BCUT2D eigenvalue weighted by molar-refractivity contribution is 7.89. The molecular weight excluding hydrogens is 466 g/mol. The highest BCUT2D eigenvalue weighted by Crippen LogP contribution is 2.23. The molecule has 1 heterocycles. The number of nitrogens with zero attached hydrogens (tertiary/aromatic N) is 1. The van der Waals surface area contributed by atoms with Crippen molar-refractivity contribution in [2.24, 2.45) is 5.73 Å². The first-order valence-corrected chi connectivity index (χ1v) is 11.9. The van der Waals surface area contributed by atoms with Crippen molar-refractivity contribution in [1.82, 2.24) is 9.45 Å². The highest BCUT2D eigenvalue weighted by atomic mass is 32.2. The Labute approximate surface area is 202 Å². The average molecular weight is 487 g/mol. The Morgan fingerprint density at radius 3 is 2.17 bits per heavy atom. The standard InChI is InChI=1S/C26H20N3O5S/c27-26(31)20-11-7-18(8-12-20)5-6-19-9-13-23(14-10-19)35(33,34)29(32)22(17-30)15-21-16-28-25-4-2-1-3-24(21)25/h1-4,7-14,16,22,28,32H,15H2,(H2,27,31)/t22-/m1/s1. The van der Waals surface area contributed by atoms with Gasteiger partial charge in [0.1, 0.15) is 6.04 Å². The van der Waals surface area contributed by atoms with Gasteiger partial charge in [-0.2, -0.15) is 0 Å². The van der Waals surface area contributed by atoms with Crippen LogP contribution in [0, 0.1) is 11.8 Å². The van der Waals surface area contributed by atoms with E-state index in [1.165, 1.54) is 24.3 Å². The van der Waals surface area contributed by atoms with E-state index in [0.29, 0.717) is 22.3 Å². The van der Waals surface area contributed by atoms with Crippen LogP contribution in [0.3, 0.4) is 0 Å². The number of fused-ring (bicyclic) bond motifs is 1. The molecule has 8 nitrogen and oxygen atoms in total. The fourth-order valence-corrected chi connectivity index (χ4v) is 4.67. The topological polar surface area (TPSA) is 134 Å². The summed E-state index contributed by atoms with van der Waals surface area (Å²) in [6, 6.07) is 17.9. The van der Waals surface area contributed by atoms with E-state index >= 15 is 0 Å². The molecule has 0 bridgehead atoms. The molecule has 0 spiro atoms. The molecule has 0 saturated carbocycles. The maximum absolute atomic E-state index is 12.9. The Bertz CT molecular complexity index is 1550. The number of hydrogen-bond donors (Lipinski definition) is 3. The SMILES string of the molecule is NC(=O)c1ccc(C#Cc2ccc(S(=O)(=O)N(O)[C@@H]([C]=O)Cc3c[nH]c4ccccc34)cc2)cc1. The molecule has 0 aliphatic rings. The number of para-hydroxylation sites is 1. The first kappa shape index (κ1) is 23.9. The van der Waals surface area contributed by atoms with Crippen molar-refractivity contribution >= 4 is 33.1 Å². The number of amides is 1. The van der Waals surface area contributed by atoms with Crippen LogP contribution in [0.25, 0.3) is 10.9 Å². The lowest BCUT2D eigenvalue weighted by Crippen LogP contribution is -2.40. The second kappa shape index (κ2) is 9.95. The second-order valence-electron chi connectivity index (χ2n) is 7.69.